The normalized spacial score (nSPS) is 19.3. The molecule has 3 heteroatoms. The quantitative estimate of drug-likeness (QED) is 0.641. The SMILES string of the molecule is CCC1(COCC(C)(C)COC(C)(C)CC)COC1. The summed E-state index contributed by atoms with van der Waals surface area (Å²) >= 11 is 0. The Bertz CT molecular complexity index is 262. The van der Waals surface area contributed by atoms with Crippen LogP contribution in [-0.4, -0.2) is 38.6 Å². The van der Waals surface area contributed by atoms with Gasteiger partial charge in [-0.1, -0.05) is 27.7 Å². The fraction of sp³-hybridized carbons (Fsp3) is 1.00. The molecule has 0 spiro atoms. The monoisotopic (exact) mass is 272 g/mol. The number of ether oxygens (including phenoxy) is 3. The van der Waals surface area contributed by atoms with E-state index in [0.29, 0.717) is 0 Å². The number of hydrogen-bond donors (Lipinski definition) is 0. The summed E-state index contributed by atoms with van der Waals surface area (Å²) in [6, 6.07) is 0. The summed E-state index contributed by atoms with van der Waals surface area (Å²) < 4.78 is 17.2. The first-order chi connectivity index (χ1) is 8.74. The largest absolute Gasteiger partial charge is 0.380 e. The van der Waals surface area contributed by atoms with Crippen molar-refractivity contribution in [2.45, 2.75) is 60.0 Å². The van der Waals surface area contributed by atoms with Gasteiger partial charge in [0.2, 0.25) is 0 Å². The van der Waals surface area contributed by atoms with E-state index in [4.69, 9.17) is 14.2 Å². The van der Waals surface area contributed by atoms with E-state index >= 15 is 0 Å². The second-order valence-electron chi connectivity index (χ2n) is 7.41. The highest BCUT2D eigenvalue weighted by molar-refractivity contribution is 4.84. The molecular weight excluding hydrogens is 240 g/mol. The van der Waals surface area contributed by atoms with Gasteiger partial charge in [-0.05, 0) is 26.7 Å². The Morgan fingerprint density at radius 1 is 1.05 bits per heavy atom. The molecule has 0 aromatic carbocycles. The lowest BCUT2D eigenvalue weighted by molar-refractivity contribution is -0.160. The molecule has 0 saturated carbocycles. The maximum absolute atomic E-state index is 5.99. The third-order valence-electron chi connectivity index (χ3n) is 4.17. The van der Waals surface area contributed by atoms with Crippen LogP contribution in [0.15, 0.2) is 0 Å². The summed E-state index contributed by atoms with van der Waals surface area (Å²) in [5.41, 5.74) is 0.301. The van der Waals surface area contributed by atoms with Gasteiger partial charge in [0.15, 0.2) is 0 Å². The molecule has 1 heterocycles. The van der Waals surface area contributed by atoms with Gasteiger partial charge in [-0.3, -0.25) is 0 Å². The van der Waals surface area contributed by atoms with Crippen LogP contribution in [-0.2, 0) is 14.2 Å². The minimum Gasteiger partial charge on any atom is -0.380 e. The molecule has 0 N–H and O–H groups in total. The first-order valence-electron chi connectivity index (χ1n) is 7.54. The van der Waals surface area contributed by atoms with Crippen LogP contribution in [0.1, 0.15) is 54.4 Å². The maximum atomic E-state index is 5.99. The smallest absolute Gasteiger partial charge is 0.0624 e. The maximum Gasteiger partial charge on any atom is 0.0624 e. The molecule has 1 saturated heterocycles. The molecule has 0 aromatic rings. The molecule has 0 aliphatic carbocycles. The van der Waals surface area contributed by atoms with Crippen molar-refractivity contribution < 1.29 is 14.2 Å². The van der Waals surface area contributed by atoms with Crippen molar-refractivity contribution in [2.24, 2.45) is 10.8 Å². The van der Waals surface area contributed by atoms with Crippen molar-refractivity contribution in [3.63, 3.8) is 0 Å². The Morgan fingerprint density at radius 3 is 2.11 bits per heavy atom. The van der Waals surface area contributed by atoms with Gasteiger partial charge < -0.3 is 14.2 Å². The highest BCUT2D eigenvalue weighted by atomic mass is 16.5. The van der Waals surface area contributed by atoms with Crippen LogP contribution in [0.25, 0.3) is 0 Å². The van der Waals surface area contributed by atoms with E-state index in [1.165, 1.54) is 0 Å². The predicted octanol–water partition coefficient (Wildman–Crippen LogP) is 3.66. The summed E-state index contributed by atoms with van der Waals surface area (Å²) in [5, 5.41) is 0. The van der Waals surface area contributed by atoms with Crippen molar-refractivity contribution >= 4 is 0 Å². The number of rotatable bonds is 9. The van der Waals surface area contributed by atoms with Crippen LogP contribution >= 0.6 is 0 Å². The highest BCUT2D eigenvalue weighted by Crippen LogP contribution is 2.32. The molecule has 114 valence electrons. The minimum absolute atomic E-state index is 0.0380. The molecule has 0 aromatic heterocycles. The molecular formula is C16H32O3. The Hall–Kier alpha value is -0.120. The molecule has 0 radical (unpaired) electrons. The van der Waals surface area contributed by atoms with Gasteiger partial charge in [0, 0.05) is 10.8 Å². The molecule has 0 unspecified atom stereocenters. The van der Waals surface area contributed by atoms with Crippen molar-refractivity contribution in [3.8, 4) is 0 Å². The summed E-state index contributed by atoms with van der Waals surface area (Å²) in [6.07, 6.45) is 2.16. The molecule has 0 atom stereocenters. The Balaban J connectivity index is 2.26. The lowest BCUT2D eigenvalue weighted by Gasteiger charge is -2.41. The van der Waals surface area contributed by atoms with Crippen molar-refractivity contribution in [1.82, 2.24) is 0 Å². The second kappa shape index (κ2) is 6.55. The van der Waals surface area contributed by atoms with Crippen molar-refractivity contribution in [3.05, 3.63) is 0 Å². The zero-order chi connectivity index (χ0) is 14.6. The van der Waals surface area contributed by atoms with E-state index in [1.807, 2.05) is 0 Å². The Morgan fingerprint density at radius 2 is 1.68 bits per heavy atom. The molecule has 3 nitrogen and oxygen atoms in total. The fourth-order valence-corrected chi connectivity index (χ4v) is 1.86. The van der Waals surface area contributed by atoms with E-state index in [-0.39, 0.29) is 16.4 Å². The molecule has 19 heavy (non-hydrogen) atoms. The molecule has 1 rings (SSSR count). The lowest BCUT2D eigenvalue weighted by Crippen LogP contribution is -2.46. The van der Waals surface area contributed by atoms with Crippen LogP contribution in [0.3, 0.4) is 0 Å². The van der Waals surface area contributed by atoms with E-state index in [0.717, 1.165) is 45.9 Å². The Kier molecular flexibility index (Phi) is 5.84. The van der Waals surface area contributed by atoms with Crippen molar-refractivity contribution in [1.29, 1.82) is 0 Å². The van der Waals surface area contributed by atoms with Gasteiger partial charge >= 0.3 is 0 Å². The van der Waals surface area contributed by atoms with Crippen LogP contribution in [0.5, 0.6) is 0 Å². The molecule has 1 fully saturated rings. The molecule has 0 amide bonds. The first-order valence-corrected chi connectivity index (χ1v) is 7.54. The van der Waals surface area contributed by atoms with Gasteiger partial charge in [0.1, 0.15) is 0 Å². The topological polar surface area (TPSA) is 27.7 Å². The first kappa shape index (κ1) is 16.9. The molecule has 1 aliphatic rings. The molecule has 0 bridgehead atoms. The van der Waals surface area contributed by atoms with E-state index in [9.17, 15) is 0 Å². The average molecular weight is 272 g/mol. The van der Waals surface area contributed by atoms with E-state index in [1.54, 1.807) is 0 Å². The summed E-state index contributed by atoms with van der Waals surface area (Å²) in [6.45, 7) is 17.1. The lowest BCUT2D eigenvalue weighted by atomic mass is 9.84. The van der Waals surface area contributed by atoms with E-state index in [2.05, 4.69) is 41.5 Å². The summed E-state index contributed by atoms with van der Waals surface area (Å²) in [4.78, 5) is 0. The van der Waals surface area contributed by atoms with Gasteiger partial charge in [-0.15, -0.1) is 0 Å². The average Bonchev–Trinajstić information content (AvgIpc) is 2.31. The van der Waals surface area contributed by atoms with Crippen molar-refractivity contribution in [2.75, 3.05) is 33.0 Å². The van der Waals surface area contributed by atoms with Crippen LogP contribution in [0, 0.1) is 10.8 Å². The van der Waals surface area contributed by atoms with Crippen LogP contribution in [0.2, 0.25) is 0 Å². The third kappa shape index (κ3) is 5.41. The van der Waals surface area contributed by atoms with Gasteiger partial charge in [0.25, 0.3) is 0 Å². The van der Waals surface area contributed by atoms with Gasteiger partial charge in [-0.25, -0.2) is 0 Å². The zero-order valence-electron chi connectivity index (χ0n) is 13.7. The van der Waals surface area contributed by atoms with E-state index < -0.39 is 0 Å². The Labute approximate surface area is 119 Å². The summed E-state index contributed by atoms with van der Waals surface area (Å²) in [7, 11) is 0. The highest BCUT2D eigenvalue weighted by Gasteiger charge is 2.37. The standard InChI is InChI=1S/C16H32O3/c1-7-15(5,6)19-10-14(3,4)9-17-11-16(8-2)12-18-13-16/h7-13H2,1-6H3. The summed E-state index contributed by atoms with van der Waals surface area (Å²) in [5.74, 6) is 0. The molecule has 1 aliphatic heterocycles. The third-order valence-corrected chi connectivity index (χ3v) is 4.17. The second-order valence-corrected chi connectivity index (χ2v) is 7.41. The fourth-order valence-electron chi connectivity index (χ4n) is 1.86. The zero-order valence-corrected chi connectivity index (χ0v) is 13.7. The minimum atomic E-state index is -0.0380. The van der Waals surface area contributed by atoms with Crippen LogP contribution < -0.4 is 0 Å². The van der Waals surface area contributed by atoms with Gasteiger partial charge in [0.05, 0.1) is 38.6 Å². The predicted molar refractivity (Wildman–Crippen MR) is 78.5 cm³/mol. The number of hydrogen-bond acceptors (Lipinski definition) is 3. The van der Waals surface area contributed by atoms with Crippen LogP contribution in [0.4, 0.5) is 0 Å². The van der Waals surface area contributed by atoms with Gasteiger partial charge in [-0.2, -0.15) is 0 Å².